The summed E-state index contributed by atoms with van der Waals surface area (Å²) in [6, 6.07) is 7.65. The summed E-state index contributed by atoms with van der Waals surface area (Å²) in [4.78, 5) is 0. The molecule has 0 bridgehead atoms. The molecule has 3 unspecified atom stereocenters. The summed E-state index contributed by atoms with van der Waals surface area (Å²) in [5.74, 6) is 0.775. The molecule has 0 aromatic heterocycles. The first-order valence-corrected chi connectivity index (χ1v) is 9.16. The van der Waals surface area contributed by atoms with E-state index in [1.54, 1.807) is 0 Å². The van der Waals surface area contributed by atoms with Crippen molar-refractivity contribution < 1.29 is 0 Å². The van der Waals surface area contributed by atoms with E-state index >= 15 is 0 Å². The zero-order valence-electron chi connectivity index (χ0n) is 11.5. The number of rotatable bonds is 3. The molecule has 2 heterocycles. The monoisotopic (exact) mass is 336 g/mol. The van der Waals surface area contributed by atoms with Crippen LogP contribution in [0, 0.1) is 5.92 Å². The quantitative estimate of drug-likeness (QED) is 0.845. The van der Waals surface area contributed by atoms with Crippen LogP contribution in [0.4, 0.5) is 17.1 Å². The Labute approximate surface area is 125 Å². The molecule has 3 atom stereocenters. The third-order valence-electron chi connectivity index (χ3n) is 4.81. The van der Waals surface area contributed by atoms with Crippen LogP contribution in [0.15, 0.2) is 26.1 Å². The summed E-state index contributed by atoms with van der Waals surface area (Å²) in [5.41, 5.74) is 3.36. The van der Waals surface area contributed by atoms with E-state index in [9.17, 15) is 0 Å². The van der Waals surface area contributed by atoms with Gasteiger partial charge >= 0.3 is 125 Å². The molecular weight excluding hydrogens is 315 g/mol. The number of hydrogen-bond donors (Lipinski definition) is 2. The molecule has 1 saturated heterocycles. The maximum absolute atomic E-state index is 4.58. The van der Waals surface area contributed by atoms with Crippen molar-refractivity contribution >= 4 is 31.6 Å². The topological polar surface area (TPSA) is 48.8 Å². The molecule has 0 amide bonds. The third-order valence-corrected chi connectivity index (χ3v) is 5.95. The van der Waals surface area contributed by atoms with Gasteiger partial charge in [-0.1, -0.05) is 0 Å². The van der Waals surface area contributed by atoms with E-state index < -0.39 is 0 Å². The van der Waals surface area contributed by atoms with Gasteiger partial charge in [0.2, 0.25) is 0 Å². The summed E-state index contributed by atoms with van der Waals surface area (Å²) < 4.78 is 9.06. The predicted octanol–water partition coefficient (Wildman–Crippen LogP) is 3.37. The van der Waals surface area contributed by atoms with Gasteiger partial charge in [0.1, 0.15) is 0 Å². The van der Waals surface area contributed by atoms with Crippen LogP contribution in [0.3, 0.4) is 0 Å². The molecule has 0 radical (unpaired) electrons. The molecule has 2 N–H and O–H groups in total. The van der Waals surface area contributed by atoms with Crippen LogP contribution >= 0.6 is 0 Å². The fourth-order valence-electron chi connectivity index (χ4n) is 3.85. The minimum absolute atomic E-state index is 0.0577. The van der Waals surface area contributed by atoms with Gasteiger partial charge in [-0.05, 0) is 0 Å². The summed E-state index contributed by atoms with van der Waals surface area (Å²) in [7, 11) is 0. The normalized spacial score (nSPS) is 31.3. The van der Waals surface area contributed by atoms with Gasteiger partial charge in [-0.15, -0.1) is 0 Å². The van der Waals surface area contributed by atoms with Crippen LogP contribution in [0.2, 0.25) is 0 Å². The molecule has 0 spiro atoms. The molecule has 1 saturated carbocycles. The summed E-state index contributed by atoms with van der Waals surface area (Å²) in [6.07, 6.45) is 6.68. The Bertz CT molecular complexity index is 573. The van der Waals surface area contributed by atoms with E-state index in [2.05, 4.69) is 36.8 Å². The van der Waals surface area contributed by atoms with E-state index in [0.717, 1.165) is 23.3 Å². The molecule has 4 rings (SSSR count). The Morgan fingerprint density at radius 2 is 2.15 bits per heavy atom. The van der Waals surface area contributed by atoms with Crippen LogP contribution in [0.25, 0.3) is 0 Å². The second-order valence-electron chi connectivity index (χ2n) is 5.99. The molecule has 3 aliphatic rings. The standard InChI is InChI=1S/C15H20N4Se/c1-4-10(11-8-3-9-16-11)12(5-1)17-13-6-2-7-14-15(13)19-20-18-14/h2,6-7,10-12,16-17H,1,3-5,8-9H2. The van der Waals surface area contributed by atoms with Gasteiger partial charge in [-0.25, -0.2) is 0 Å². The van der Waals surface area contributed by atoms with E-state index in [4.69, 9.17) is 0 Å². The van der Waals surface area contributed by atoms with E-state index in [1.165, 1.54) is 44.3 Å². The van der Waals surface area contributed by atoms with Crippen molar-refractivity contribution in [2.75, 3.05) is 11.9 Å². The van der Waals surface area contributed by atoms with Crippen molar-refractivity contribution in [2.24, 2.45) is 13.8 Å². The van der Waals surface area contributed by atoms with E-state index in [-0.39, 0.29) is 14.6 Å². The zero-order valence-corrected chi connectivity index (χ0v) is 13.2. The first-order valence-electron chi connectivity index (χ1n) is 7.63. The number of hydrogen-bond acceptors (Lipinski definition) is 4. The molecule has 20 heavy (non-hydrogen) atoms. The molecular formula is C15H20N4Se. The summed E-state index contributed by atoms with van der Waals surface area (Å²) in [6.45, 7) is 1.20. The molecule has 2 fully saturated rings. The van der Waals surface area contributed by atoms with Crippen LogP contribution in [0.5, 0.6) is 0 Å². The average Bonchev–Trinajstić information content (AvgIpc) is 3.20. The fraction of sp³-hybridized carbons (Fsp3) is 0.600. The van der Waals surface area contributed by atoms with Gasteiger partial charge in [0.05, 0.1) is 0 Å². The minimum atomic E-state index is 0.0577. The van der Waals surface area contributed by atoms with Crippen molar-refractivity contribution in [3.05, 3.63) is 18.2 Å². The number of nitrogens with one attached hydrogen (secondary N) is 2. The Kier molecular flexibility index (Phi) is 3.50. The number of benzene rings is 1. The molecule has 1 aromatic rings. The molecule has 1 aliphatic carbocycles. The van der Waals surface area contributed by atoms with Crippen LogP contribution in [0.1, 0.15) is 32.1 Å². The summed E-state index contributed by atoms with van der Waals surface area (Å²) >= 11 is 0.0577. The first kappa shape index (κ1) is 12.8. The Hall–Kier alpha value is -0.901. The van der Waals surface area contributed by atoms with Crippen LogP contribution in [-0.2, 0) is 0 Å². The Morgan fingerprint density at radius 3 is 3.05 bits per heavy atom. The van der Waals surface area contributed by atoms with Crippen LogP contribution in [-0.4, -0.2) is 33.2 Å². The molecule has 2 aliphatic heterocycles. The molecule has 1 aromatic carbocycles. The average molecular weight is 335 g/mol. The van der Waals surface area contributed by atoms with Gasteiger partial charge in [0.25, 0.3) is 0 Å². The Morgan fingerprint density at radius 1 is 1.15 bits per heavy atom. The second kappa shape index (κ2) is 5.47. The van der Waals surface area contributed by atoms with Gasteiger partial charge in [0, 0.05) is 0 Å². The van der Waals surface area contributed by atoms with Crippen molar-refractivity contribution in [2.45, 2.75) is 44.2 Å². The fourth-order valence-corrected chi connectivity index (χ4v) is 5.00. The zero-order chi connectivity index (χ0) is 13.4. The van der Waals surface area contributed by atoms with E-state index in [1.807, 2.05) is 0 Å². The number of fused-ring (bicyclic) bond motifs is 1. The van der Waals surface area contributed by atoms with E-state index in [0.29, 0.717) is 6.04 Å². The van der Waals surface area contributed by atoms with Crippen molar-refractivity contribution in [1.82, 2.24) is 5.32 Å². The van der Waals surface area contributed by atoms with Gasteiger partial charge < -0.3 is 0 Å². The summed E-state index contributed by atoms with van der Waals surface area (Å²) in [5, 5.41) is 7.47. The van der Waals surface area contributed by atoms with Crippen molar-refractivity contribution in [3.63, 3.8) is 0 Å². The third kappa shape index (κ3) is 2.28. The molecule has 5 heteroatoms. The molecule has 4 nitrogen and oxygen atoms in total. The van der Waals surface area contributed by atoms with Gasteiger partial charge in [-0.3, -0.25) is 0 Å². The Balaban J connectivity index is 1.54. The predicted molar refractivity (Wildman–Crippen MR) is 82.1 cm³/mol. The first-order chi connectivity index (χ1) is 9.92. The second-order valence-corrected chi connectivity index (χ2v) is 7.09. The van der Waals surface area contributed by atoms with Crippen molar-refractivity contribution in [1.29, 1.82) is 0 Å². The molecule has 106 valence electrons. The SMILES string of the molecule is c1cc2c(c(NC3CCCC3C3CCCN3)c1)N=[Se]=N2. The maximum atomic E-state index is 4.58. The number of nitrogens with zero attached hydrogens (tertiary/aromatic N) is 2. The van der Waals surface area contributed by atoms with Gasteiger partial charge in [-0.2, -0.15) is 0 Å². The van der Waals surface area contributed by atoms with Gasteiger partial charge in [0.15, 0.2) is 0 Å². The van der Waals surface area contributed by atoms with Crippen molar-refractivity contribution in [3.8, 4) is 0 Å². The number of anilines is 1. The van der Waals surface area contributed by atoms with Crippen LogP contribution < -0.4 is 10.6 Å².